The zero-order chi connectivity index (χ0) is 20.9. The van der Waals surface area contributed by atoms with Crippen molar-refractivity contribution in [2.24, 2.45) is 5.10 Å². The number of carbonyl (C=O) groups excluding carboxylic acids is 1. The summed E-state index contributed by atoms with van der Waals surface area (Å²) in [6.45, 7) is 2.57. The molecule has 1 N–H and O–H groups in total. The summed E-state index contributed by atoms with van der Waals surface area (Å²) in [5, 5.41) is 4.85. The highest BCUT2D eigenvalue weighted by molar-refractivity contribution is 9.10. The third kappa shape index (κ3) is 4.96. The number of ether oxygens (including phenoxy) is 1. The number of fused-ring (bicyclic) bond motifs is 1. The van der Waals surface area contributed by atoms with Gasteiger partial charge in [0.1, 0.15) is 17.9 Å². The van der Waals surface area contributed by atoms with Gasteiger partial charge in [-0.05, 0) is 66.6 Å². The zero-order valence-corrected chi connectivity index (χ0v) is 17.8. The van der Waals surface area contributed by atoms with Gasteiger partial charge in [-0.15, -0.1) is 0 Å². The maximum Gasteiger partial charge on any atom is 0.307 e. The minimum atomic E-state index is -0.406. The fraction of sp³-hybridized carbons (Fsp3) is 0.0833. The number of furan rings is 1. The molecule has 0 saturated carbocycles. The van der Waals surface area contributed by atoms with E-state index in [1.54, 1.807) is 12.3 Å². The van der Waals surface area contributed by atoms with Gasteiger partial charge in [0.25, 0.3) is 0 Å². The molecule has 3 aromatic carbocycles. The van der Waals surface area contributed by atoms with Crippen LogP contribution in [0.1, 0.15) is 27.2 Å². The lowest BCUT2D eigenvalue weighted by Crippen LogP contribution is -2.16. The summed E-state index contributed by atoms with van der Waals surface area (Å²) in [5.74, 6) is 0.572. The van der Waals surface area contributed by atoms with Crippen LogP contribution in [0.3, 0.4) is 0 Å². The highest BCUT2D eigenvalue weighted by atomic mass is 79.9. The Labute approximate surface area is 182 Å². The Morgan fingerprint density at radius 2 is 1.93 bits per heavy atom. The minimum Gasteiger partial charge on any atom is -0.489 e. The normalized spacial score (nSPS) is 11.1. The van der Waals surface area contributed by atoms with Crippen LogP contribution >= 0.6 is 15.9 Å². The van der Waals surface area contributed by atoms with Gasteiger partial charge in [0.05, 0.1) is 6.21 Å². The molecule has 0 aliphatic heterocycles. The van der Waals surface area contributed by atoms with E-state index < -0.39 is 5.91 Å². The lowest BCUT2D eigenvalue weighted by atomic mass is 10.1. The molecule has 4 rings (SSSR count). The number of benzene rings is 3. The number of carbonyl (C=O) groups is 1. The maximum atomic E-state index is 12.2. The Hall–Kier alpha value is -3.38. The highest BCUT2D eigenvalue weighted by Gasteiger charge is 2.11. The molecule has 1 aromatic heterocycles. The number of nitrogens with zero attached hydrogens (tertiary/aromatic N) is 1. The van der Waals surface area contributed by atoms with Crippen molar-refractivity contribution in [1.82, 2.24) is 5.43 Å². The average Bonchev–Trinajstić information content (AvgIpc) is 3.16. The summed E-state index contributed by atoms with van der Waals surface area (Å²) in [4.78, 5) is 12.2. The molecule has 1 heterocycles. The van der Waals surface area contributed by atoms with Crippen molar-refractivity contribution in [1.29, 1.82) is 0 Å². The van der Waals surface area contributed by atoms with Crippen LogP contribution in [0.5, 0.6) is 5.75 Å². The van der Waals surface area contributed by atoms with Crippen LogP contribution in [0.2, 0.25) is 0 Å². The second kappa shape index (κ2) is 8.97. The molecular weight excluding hydrogens is 444 g/mol. The summed E-state index contributed by atoms with van der Waals surface area (Å²) < 4.78 is 12.3. The van der Waals surface area contributed by atoms with Crippen molar-refractivity contribution < 1.29 is 13.9 Å². The number of amides is 1. The quantitative estimate of drug-likeness (QED) is 0.288. The maximum absolute atomic E-state index is 12.2. The molecule has 0 fully saturated rings. The van der Waals surface area contributed by atoms with Gasteiger partial charge in [0.15, 0.2) is 5.76 Å². The Bertz CT molecular complexity index is 1210. The fourth-order valence-electron chi connectivity index (χ4n) is 2.97. The van der Waals surface area contributed by atoms with Gasteiger partial charge >= 0.3 is 5.91 Å². The molecular formula is C24H19BrN2O3. The van der Waals surface area contributed by atoms with Crippen LogP contribution in [0, 0.1) is 6.92 Å². The standard InChI is InChI=1S/C24H19BrN2O3/c1-16-3-2-4-18(11-16)15-29-21-8-5-17(6-9-21)14-26-27-24(28)23-13-19-12-20(25)7-10-22(19)30-23/h2-14H,15H2,1H3,(H,27,28)/b26-14+. The fourth-order valence-corrected chi connectivity index (χ4v) is 3.34. The SMILES string of the molecule is Cc1cccc(COc2ccc(/C=N/NC(=O)c3cc4cc(Br)ccc4o3)cc2)c1. The largest absolute Gasteiger partial charge is 0.489 e. The molecule has 0 atom stereocenters. The molecule has 1 amide bonds. The average molecular weight is 463 g/mol. The molecule has 0 saturated heterocycles. The highest BCUT2D eigenvalue weighted by Crippen LogP contribution is 2.23. The number of rotatable bonds is 6. The molecule has 0 bridgehead atoms. The molecule has 0 unspecified atom stereocenters. The van der Waals surface area contributed by atoms with Crippen LogP contribution < -0.4 is 10.2 Å². The van der Waals surface area contributed by atoms with Crippen molar-refractivity contribution in [2.75, 3.05) is 0 Å². The van der Waals surface area contributed by atoms with Crippen LogP contribution in [-0.2, 0) is 6.61 Å². The van der Waals surface area contributed by atoms with E-state index in [-0.39, 0.29) is 5.76 Å². The van der Waals surface area contributed by atoms with Crippen LogP contribution in [0.4, 0.5) is 0 Å². The van der Waals surface area contributed by atoms with Gasteiger partial charge in [-0.3, -0.25) is 4.79 Å². The van der Waals surface area contributed by atoms with E-state index in [1.807, 2.05) is 54.6 Å². The number of aryl methyl sites for hydroxylation is 1. The van der Waals surface area contributed by atoms with Crippen molar-refractivity contribution in [3.8, 4) is 5.75 Å². The summed E-state index contributed by atoms with van der Waals surface area (Å²) in [6.07, 6.45) is 1.57. The number of hydrogen-bond donors (Lipinski definition) is 1. The van der Waals surface area contributed by atoms with E-state index in [2.05, 4.69) is 45.5 Å². The Balaban J connectivity index is 1.32. The number of halogens is 1. The number of nitrogens with one attached hydrogen (secondary N) is 1. The monoisotopic (exact) mass is 462 g/mol. The molecule has 150 valence electrons. The zero-order valence-electron chi connectivity index (χ0n) is 16.3. The topological polar surface area (TPSA) is 63.8 Å². The van der Waals surface area contributed by atoms with E-state index >= 15 is 0 Å². The first kappa shape index (κ1) is 19.9. The molecule has 0 aliphatic rings. The van der Waals surface area contributed by atoms with E-state index in [0.29, 0.717) is 12.2 Å². The third-order valence-corrected chi connectivity index (χ3v) is 4.94. The third-order valence-electron chi connectivity index (χ3n) is 4.45. The van der Waals surface area contributed by atoms with Gasteiger partial charge < -0.3 is 9.15 Å². The smallest absolute Gasteiger partial charge is 0.307 e. The molecule has 30 heavy (non-hydrogen) atoms. The first-order chi connectivity index (χ1) is 14.6. The first-order valence-electron chi connectivity index (χ1n) is 9.38. The molecule has 5 nitrogen and oxygen atoms in total. The summed E-state index contributed by atoms with van der Waals surface area (Å²) in [7, 11) is 0. The van der Waals surface area contributed by atoms with Crippen molar-refractivity contribution >= 4 is 39.0 Å². The summed E-state index contributed by atoms with van der Waals surface area (Å²) >= 11 is 3.40. The van der Waals surface area contributed by atoms with Crippen LogP contribution in [-0.4, -0.2) is 12.1 Å². The summed E-state index contributed by atoms with van der Waals surface area (Å²) in [5.41, 5.74) is 6.30. The number of hydrogen-bond acceptors (Lipinski definition) is 4. The van der Waals surface area contributed by atoms with Gasteiger partial charge in [-0.25, -0.2) is 5.43 Å². The predicted octanol–water partition coefficient (Wildman–Crippen LogP) is 5.85. The summed E-state index contributed by atoms with van der Waals surface area (Å²) in [6, 6.07) is 23.0. The van der Waals surface area contributed by atoms with Gasteiger partial charge in [-0.1, -0.05) is 45.8 Å². The number of hydrazone groups is 1. The lowest BCUT2D eigenvalue weighted by molar-refractivity contribution is 0.0929. The predicted molar refractivity (Wildman–Crippen MR) is 121 cm³/mol. The van der Waals surface area contributed by atoms with Crippen molar-refractivity contribution in [3.63, 3.8) is 0 Å². The first-order valence-corrected chi connectivity index (χ1v) is 10.2. The van der Waals surface area contributed by atoms with Crippen LogP contribution in [0.25, 0.3) is 11.0 Å². The van der Waals surface area contributed by atoms with Crippen molar-refractivity contribution in [2.45, 2.75) is 13.5 Å². The molecule has 4 aromatic rings. The van der Waals surface area contributed by atoms with Gasteiger partial charge in [0, 0.05) is 9.86 Å². The Kier molecular flexibility index (Phi) is 5.95. The van der Waals surface area contributed by atoms with E-state index in [1.165, 1.54) is 5.56 Å². The Morgan fingerprint density at radius 1 is 1.10 bits per heavy atom. The van der Waals surface area contributed by atoms with E-state index in [4.69, 9.17) is 9.15 Å². The Morgan fingerprint density at radius 3 is 2.73 bits per heavy atom. The van der Waals surface area contributed by atoms with Gasteiger partial charge in [0.2, 0.25) is 0 Å². The molecule has 0 radical (unpaired) electrons. The second-order valence-corrected chi connectivity index (χ2v) is 7.75. The second-order valence-electron chi connectivity index (χ2n) is 6.84. The van der Waals surface area contributed by atoms with Gasteiger partial charge in [-0.2, -0.15) is 5.10 Å². The molecule has 6 heteroatoms. The van der Waals surface area contributed by atoms with E-state index in [9.17, 15) is 4.79 Å². The minimum absolute atomic E-state index is 0.208. The van der Waals surface area contributed by atoms with Crippen LogP contribution in [0.15, 0.2) is 86.8 Å². The van der Waals surface area contributed by atoms with Crippen molar-refractivity contribution in [3.05, 3.63) is 99.7 Å². The molecule has 0 spiro atoms. The lowest BCUT2D eigenvalue weighted by Gasteiger charge is -2.07. The molecule has 0 aliphatic carbocycles. The van der Waals surface area contributed by atoms with E-state index in [0.717, 1.165) is 26.7 Å².